The van der Waals surface area contributed by atoms with Crippen LogP contribution < -0.4 is 29.6 Å². The van der Waals surface area contributed by atoms with Crippen LogP contribution in [0.3, 0.4) is 0 Å². The molecule has 0 fully saturated rings. The van der Waals surface area contributed by atoms with Crippen molar-refractivity contribution in [2.75, 3.05) is 13.2 Å². The summed E-state index contributed by atoms with van der Waals surface area (Å²) in [5.41, 5.74) is 0. The van der Waals surface area contributed by atoms with Gasteiger partial charge >= 0.3 is 45.4 Å². The summed E-state index contributed by atoms with van der Waals surface area (Å²) in [5.74, 6) is 0. The largest absolute Gasteiger partial charge is 1.00 e. The minimum absolute atomic E-state index is 0. The first kappa shape index (κ1) is 17.8. The van der Waals surface area contributed by atoms with Gasteiger partial charge in [-0.05, 0) is 27.7 Å². The summed E-state index contributed by atoms with van der Waals surface area (Å²) in [6.07, 6.45) is -0.373. The Morgan fingerprint density at radius 1 is 1.00 bits per heavy atom. The van der Waals surface area contributed by atoms with Gasteiger partial charge < -0.3 is 18.5 Å². The molecule has 0 aliphatic carbocycles. The van der Waals surface area contributed by atoms with Gasteiger partial charge in [0.1, 0.15) is 12.6 Å². The summed E-state index contributed by atoms with van der Waals surface area (Å²) in [6.45, 7) is 8.87. The quantitative estimate of drug-likeness (QED) is 0.372. The number of rotatable bonds is 8. The summed E-state index contributed by atoms with van der Waals surface area (Å²) in [6, 6.07) is 0. The van der Waals surface area contributed by atoms with Crippen molar-refractivity contribution in [1.82, 2.24) is 0 Å². The summed E-state index contributed by atoms with van der Waals surface area (Å²) in [5, 5.41) is 0. The molecule has 0 aromatic rings. The maximum atomic E-state index is 5.26. The fraction of sp³-hybridized carbons (Fsp3) is 1.00. The zero-order valence-corrected chi connectivity index (χ0v) is 12.9. The van der Waals surface area contributed by atoms with Gasteiger partial charge in [-0.1, -0.05) is 0 Å². The minimum atomic E-state index is -0.506. The smallest absolute Gasteiger partial charge is 1.00 e. The van der Waals surface area contributed by atoms with Crippen molar-refractivity contribution in [3.8, 4) is 0 Å². The van der Waals surface area contributed by atoms with E-state index in [1.54, 1.807) is 0 Å². The molecule has 0 saturated heterocycles. The van der Waals surface area contributed by atoms with Crippen LogP contribution in [0.15, 0.2) is 0 Å². The van der Waals surface area contributed by atoms with Gasteiger partial charge in [-0.2, -0.15) is 0 Å². The van der Waals surface area contributed by atoms with Crippen LogP contribution in [0.4, 0.5) is 0 Å². The van der Waals surface area contributed by atoms with Gasteiger partial charge in [-0.15, -0.1) is 0 Å². The molecule has 6 heteroatoms. The molecule has 0 rings (SSSR count). The minimum Gasteiger partial charge on any atom is -1.00 e. The van der Waals surface area contributed by atoms with E-state index >= 15 is 0 Å². The molecule has 0 N–H and O–H groups in total. The van der Waals surface area contributed by atoms with Crippen molar-refractivity contribution in [1.29, 1.82) is 0 Å². The predicted octanol–water partition coefficient (Wildman–Crippen LogP) is -1.56. The van der Waals surface area contributed by atoms with Gasteiger partial charge in [0.25, 0.3) is 0 Å². The normalized spacial score (nSPS) is 14.3. The van der Waals surface area contributed by atoms with Gasteiger partial charge in [-0.3, -0.25) is 0 Å². The van der Waals surface area contributed by atoms with E-state index < -0.39 is 15.9 Å². The fourth-order valence-corrected chi connectivity index (χ4v) is 1.27. The molecule has 1 radical (unpaired) electrons. The Kier molecular flexibility index (Phi) is 15.8. The molecule has 14 heavy (non-hydrogen) atoms. The van der Waals surface area contributed by atoms with Crippen LogP contribution in [0.5, 0.6) is 0 Å². The van der Waals surface area contributed by atoms with E-state index in [0.29, 0.717) is 13.2 Å². The van der Waals surface area contributed by atoms with Gasteiger partial charge in [-0.25, -0.2) is 0 Å². The van der Waals surface area contributed by atoms with E-state index in [4.69, 9.17) is 17.1 Å². The summed E-state index contributed by atoms with van der Waals surface area (Å²) >= 11 is -0.506. The Morgan fingerprint density at radius 2 is 1.36 bits per heavy atom. The third-order valence-corrected chi connectivity index (χ3v) is 2.29. The topological polar surface area (TPSA) is 36.9 Å². The molecule has 2 unspecified atom stereocenters. The Bertz CT molecular complexity index is 111. The molecule has 0 aliphatic rings. The first-order valence-corrected chi connectivity index (χ1v) is 5.50. The molecule has 0 spiro atoms. The molecular weight excluding hydrogens is 210 g/mol. The fourth-order valence-electron chi connectivity index (χ4n) is 0.737. The number of hydrogen-bond donors (Lipinski definition) is 0. The summed E-state index contributed by atoms with van der Waals surface area (Å²) < 4.78 is 20.8. The van der Waals surface area contributed by atoms with E-state index in [1.165, 1.54) is 0 Å². The third-order valence-electron chi connectivity index (χ3n) is 1.30. The van der Waals surface area contributed by atoms with Crippen molar-refractivity contribution >= 4 is 15.9 Å². The monoisotopic (exact) mass is 229 g/mol. The van der Waals surface area contributed by atoms with Crippen molar-refractivity contribution in [3.05, 3.63) is 0 Å². The Morgan fingerprint density at radius 3 is 1.64 bits per heavy atom. The van der Waals surface area contributed by atoms with Crippen molar-refractivity contribution in [3.63, 3.8) is 0 Å². The van der Waals surface area contributed by atoms with Crippen molar-refractivity contribution in [2.45, 2.75) is 40.3 Å². The molecule has 0 saturated carbocycles. The van der Waals surface area contributed by atoms with Gasteiger partial charge in [0, 0.05) is 13.2 Å². The zero-order valence-electron chi connectivity index (χ0n) is 10.8. The van der Waals surface area contributed by atoms with Crippen LogP contribution in [-0.4, -0.2) is 41.7 Å². The van der Waals surface area contributed by atoms with Gasteiger partial charge in [0.2, 0.25) is 0 Å². The molecule has 0 amide bonds. The van der Waals surface area contributed by atoms with Crippen LogP contribution in [0.25, 0.3) is 0 Å². The Hall–Kier alpha value is 1.37. The van der Waals surface area contributed by atoms with Crippen molar-refractivity contribution in [2.24, 2.45) is 0 Å². The van der Waals surface area contributed by atoms with Crippen molar-refractivity contribution < 1.29 is 48.0 Å². The van der Waals surface area contributed by atoms with Crippen LogP contribution in [0.1, 0.15) is 29.1 Å². The molecule has 0 aliphatic heterocycles. The molecule has 0 aromatic carbocycles. The third kappa shape index (κ3) is 11.4. The Labute approximate surface area is 117 Å². The van der Waals surface area contributed by atoms with Crippen LogP contribution in [0, 0.1) is 0 Å². The SMILES string of the molecule is CCOC(C)[O][Al][O]C(C)OCC.[H-].[Na+]. The average Bonchev–Trinajstić information content (AvgIpc) is 2.05. The summed E-state index contributed by atoms with van der Waals surface area (Å²) in [7, 11) is 0. The average molecular weight is 229 g/mol. The maximum Gasteiger partial charge on any atom is 1.00 e. The zero-order chi connectivity index (χ0) is 10.1. The number of ether oxygens (including phenoxy) is 2. The predicted molar refractivity (Wildman–Crippen MR) is 51.2 cm³/mol. The first-order chi connectivity index (χ1) is 6.20. The van der Waals surface area contributed by atoms with Crippen LogP contribution in [-0.2, 0) is 17.1 Å². The maximum absolute atomic E-state index is 5.26. The van der Waals surface area contributed by atoms with E-state index in [9.17, 15) is 0 Å². The molecule has 4 nitrogen and oxygen atoms in total. The van der Waals surface area contributed by atoms with Gasteiger partial charge in [0.15, 0.2) is 0 Å². The summed E-state index contributed by atoms with van der Waals surface area (Å²) in [4.78, 5) is 0. The molecule has 0 heterocycles. The molecule has 2 atom stereocenters. The van der Waals surface area contributed by atoms with Crippen LogP contribution in [0.2, 0.25) is 0 Å². The van der Waals surface area contributed by atoms with E-state index in [0.717, 1.165) is 0 Å². The van der Waals surface area contributed by atoms with E-state index in [1.807, 2.05) is 27.7 Å². The molecule has 0 bridgehead atoms. The second-order valence-corrected chi connectivity index (χ2v) is 3.15. The first-order valence-electron chi connectivity index (χ1n) is 4.56. The molecular formula is C8H19AlNaO4. The number of hydrogen-bond acceptors (Lipinski definition) is 4. The standard InChI is InChI=1S/2C4H9O2.Al.Na.H/c2*1-3-6-4(2)5;;;/h2*4H,3H2,1-2H3;;;/q2*-1;+2;+1;-1. The second kappa shape index (κ2) is 12.4. The second-order valence-electron chi connectivity index (χ2n) is 2.41. The van der Waals surface area contributed by atoms with E-state index in [2.05, 4.69) is 0 Å². The molecule has 79 valence electrons. The van der Waals surface area contributed by atoms with Gasteiger partial charge in [0.05, 0.1) is 0 Å². The van der Waals surface area contributed by atoms with E-state index in [-0.39, 0.29) is 43.6 Å². The molecule has 0 aromatic heterocycles. The Balaban J connectivity index is -0.000000720. The van der Waals surface area contributed by atoms with Crippen LogP contribution >= 0.6 is 0 Å².